The second kappa shape index (κ2) is 28.9. The largest absolute Gasteiger partial charge is 0.483 e. The normalized spacial score (nSPS) is 16.4. The molecule has 0 radical (unpaired) electrons. The lowest BCUT2D eigenvalue weighted by molar-refractivity contribution is -0.123. The molecule has 1 fully saturated rings. The maximum absolute atomic E-state index is 11.0. The maximum atomic E-state index is 11.0. The Hall–Kier alpha value is -1.80. The first-order valence-electron chi connectivity index (χ1n) is 14.9. The first-order valence-corrected chi connectivity index (χ1v) is 14.9. The van der Waals surface area contributed by atoms with Gasteiger partial charge in [-0.25, -0.2) is 0 Å². The minimum absolute atomic E-state index is 0.0417. The molecular formula is C31H67N5O7. The van der Waals surface area contributed by atoms with Crippen LogP contribution in [-0.4, -0.2) is 161 Å². The van der Waals surface area contributed by atoms with Crippen molar-refractivity contribution in [1.82, 2.24) is 19.6 Å². The van der Waals surface area contributed by atoms with Crippen LogP contribution in [0.25, 0.3) is 0 Å². The molecule has 3 N–H and O–H groups in total. The van der Waals surface area contributed by atoms with Crippen molar-refractivity contribution in [2.45, 2.75) is 73.5 Å². The molecule has 0 amide bonds. The van der Waals surface area contributed by atoms with E-state index in [4.69, 9.17) is 19.4 Å². The minimum Gasteiger partial charge on any atom is -0.483 e. The van der Waals surface area contributed by atoms with Crippen molar-refractivity contribution in [2.75, 3.05) is 99.8 Å². The van der Waals surface area contributed by atoms with Crippen molar-refractivity contribution in [3.8, 4) is 0 Å². The van der Waals surface area contributed by atoms with E-state index >= 15 is 0 Å². The van der Waals surface area contributed by atoms with Gasteiger partial charge in [-0.2, -0.15) is 0 Å². The van der Waals surface area contributed by atoms with Crippen LogP contribution in [0.3, 0.4) is 0 Å². The van der Waals surface area contributed by atoms with Crippen LogP contribution < -0.4 is 5.73 Å². The zero-order valence-corrected chi connectivity index (χ0v) is 29.6. The molecule has 1 rings (SSSR count). The molecule has 0 aromatic rings. The quantitative estimate of drug-likeness (QED) is 0.401. The number of methoxy groups -OCH3 is 2. The molecule has 1 aliphatic heterocycles. The summed E-state index contributed by atoms with van der Waals surface area (Å²) in [6.45, 7) is 27.3. The van der Waals surface area contributed by atoms with E-state index < -0.39 is 0 Å². The van der Waals surface area contributed by atoms with Crippen molar-refractivity contribution in [1.29, 1.82) is 0 Å². The molecule has 0 saturated carbocycles. The molecule has 1 heterocycles. The third kappa shape index (κ3) is 40.2. The maximum Gasteiger partial charge on any atom is 0.290 e. The lowest BCUT2D eigenvalue weighted by Crippen LogP contribution is -2.48. The fraction of sp³-hybridized carbons (Fsp3) is 0.871. The molecule has 258 valence electrons. The van der Waals surface area contributed by atoms with Gasteiger partial charge in [0.1, 0.15) is 18.9 Å². The molecule has 0 aliphatic carbocycles. The molecule has 12 heteroatoms. The van der Waals surface area contributed by atoms with Crippen LogP contribution in [0.15, 0.2) is 0 Å². The molecule has 12 nitrogen and oxygen atoms in total. The van der Waals surface area contributed by atoms with Crippen molar-refractivity contribution in [3.63, 3.8) is 0 Å². The number of nitrogens with zero attached hydrogens (tertiary/aromatic N) is 4. The van der Waals surface area contributed by atoms with Gasteiger partial charge in [-0.05, 0) is 54.0 Å². The van der Waals surface area contributed by atoms with E-state index in [0.717, 1.165) is 77.8 Å². The van der Waals surface area contributed by atoms with E-state index in [-0.39, 0.29) is 23.1 Å². The van der Waals surface area contributed by atoms with E-state index in [2.05, 4.69) is 46.1 Å². The number of nitrogens with two attached hydrogens (primary N) is 1. The highest BCUT2D eigenvalue weighted by Crippen LogP contribution is 2.15. The predicted molar refractivity (Wildman–Crippen MR) is 176 cm³/mol. The van der Waals surface area contributed by atoms with E-state index in [0.29, 0.717) is 19.6 Å². The van der Waals surface area contributed by atoms with Crippen LogP contribution in [0.5, 0.6) is 0 Å². The number of ether oxygens (including phenoxy) is 2. The Morgan fingerprint density at radius 1 is 0.558 bits per heavy atom. The standard InChI is InChI=1S/C19H36N4O3.2C5H12O.CH5N.CH2O2/c1-19(2,3)18-23-10-8-21(13-16-25)6-4-20(12-15-24)5-7-22(9-11-23)14-17-26;2*1-5(2,3)6-4;1-2;2-1-3/h15-17H,4-14,18H2,1-3H3;2*1-4H3;2H2,1H3;1H,(H,2,3). The van der Waals surface area contributed by atoms with Crippen molar-refractivity contribution >= 4 is 25.3 Å². The Bertz CT molecular complexity index is 622. The summed E-state index contributed by atoms with van der Waals surface area (Å²) in [6, 6.07) is 0. The first kappa shape index (κ1) is 48.1. The van der Waals surface area contributed by atoms with Gasteiger partial charge in [-0.1, -0.05) is 20.8 Å². The number of hydrogen-bond donors (Lipinski definition) is 2. The molecule has 0 aromatic carbocycles. The SMILES string of the molecule is CC(C)(C)CN1CCN(CC=O)CCN(CC=O)CCN(CC=O)CC1.CN.COC(C)(C)C.COC(C)(C)C.O=CO. The van der Waals surface area contributed by atoms with Crippen molar-refractivity contribution < 1.29 is 33.8 Å². The number of carbonyl (C=O) groups excluding carboxylic acids is 3. The van der Waals surface area contributed by atoms with Gasteiger partial charge < -0.3 is 39.6 Å². The molecule has 0 spiro atoms. The van der Waals surface area contributed by atoms with Gasteiger partial charge in [0.15, 0.2) is 0 Å². The molecule has 0 atom stereocenters. The summed E-state index contributed by atoms with van der Waals surface area (Å²) in [5.74, 6) is 0. The fourth-order valence-corrected chi connectivity index (χ4v) is 3.27. The number of carbonyl (C=O) groups is 4. The van der Waals surface area contributed by atoms with Gasteiger partial charge in [-0.3, -0.25) is 19.5 Å². The fourth-order valence-electron chi connectivity index (χ4n) is 3.27. The zero-order chi connectivity index (χ0) is 34.5. The summed E-state index contributed by atoms with van der Waals surface area (Å²) in [6.07, 6.45) is 2.83. The highest BCUT2D eigenvalue weighted by Gasteiger charge is 2.20. The molecule has 1 aliphatic rings. The summed E-state index contributed by atoms with van der Waals surface area (Å²) >= 11 is 0. The Labute approximate surface area is 263 Å². The Morgan fingerprint density at radius 3 is 0.884 bits per heavy atom. The van der Waals surface area contributed by atoms with Crippen molar-refractivity contribution in [3.05, 3.63) is 0 Å². The Balaban J connectivity index is -0.000000365. The molecule has 43 heavy (non-hydrogen) atoms. The van der Waals surface area contributed by atoms with E-state index in [1.807, 2.05) is 41.5 Å². The van der Waals surface area contributed by atoms with Crippen LogP contribution in [0.4, 0.5) is 0 Å². The number of carboxylic acid groups (broad SMARTS) is 1. The summed E-state index contributed by atoms with van der Waals surface area (Å²) in [5.41, 5.74) is 4.78. The first-order chi connectivity index (χ1) is 19.9. The van der Waals surface area contributed by atoms with Crippen LogP contribution in [0.2, 0.25) is 0 Å². The van der Waals surface area contributed by atoms with Crippen LogP contribution in [-0.2, 0) is 28.7 Å². The van der Waals surface area contributed by atoms with Crippen molar-refractivity contribution in [2.24, 2.45) is 11.1 Å². The Morgan fingerprint density at radius 2 is 0.744 bits per heavy atom. The summed E-state index contributed by atoms with van der Waals surface area (Å²) in [7, 11) is 4.92. The van der Waals surface area contributed by atoms with E-state index in [1.165, 1.54) is 7.05 Å². The average molecular weight is 622 g/mol. The zero-order valence-electron chi connectivity index (χ0n) is 29.6. The van der Waals surface area contributed by atoms with Gasteiger partial charge in [0, 0.05) is 73.1 Å². The van der Waals surface area contributed by atoms with Gasteiger partial charge >= 0.3 is 0 Å². The lowest BCUT2D eigenvalue weighted by atomic mass is 9.96. The lowest BCUT2D eigenvalue weighted by Gasteiger charge is -2.35. The predicted octanol–water partition coefficient (Wildman–Crippen LogP) is 1.99. The second-order valence-electron chi connectivity index (χ2n) is 13.0. The molecule has 0 bridgehead atoms. The van der Waals surface area contributed by atoms with Crippen LogP contribution in [0, 0.1) is 5.41 Å². The third-order valence-corrected chi connectivity index (χ3v) is 5.85. The minimum atomic E-state index is -0.250. The van der Waals surface area contributed by atoms with Crippen LogP contribution in [0.1, 0.15) is 62.3 Å². The Kier molecular flexibility index (Phi) is 32.4. The average Bonchev–Trinajstić information content (AvgIpc) is 2.91. The van der Waals surface area contributed by atoms with E-state index in [9.17, 15) is 14.4 Å². The van der Waals surface area contributed by atoms with Gasteiger partial charge in [0.05, 0.1) is 30.8 Å². The second-order valence-corrected chi connectivity index (χ2v) is 13.0. The molecule has 1 saturated heterocycles. The molecule has 0 unspecified atom stereocenters. The highest BCUT2D eigenvalue weighted by atomic mass is 16.5. The smallest absolute Gasteiger partial charge is 0.290 e. The van der Waals surface area contributed by atoms with Gasteiger partial charge in [-0.15, -0.1) is 0 Å². The molecular weight excluding hydrogens is 554 g/mol. The highest BCUT2D eigenvalue weighted by molar-refractivity contribution is 5.52. The summed E-state index contributed by atoms with van der Waals surface area (Å²) in [5, 5.41) is 6.89. The van der Waals surface area contributed by atoms with Gasteiger partial charge in [0.2, 0.25) is 0 Å². The summed E-state index contributed by atoms with van der Waals surface area (Å²) in [4.78, 5) is 50.2. The van der Waals surface area contributed by atoms with Gasteiger partial charge in [0.25, 0.3) is 6.47 Å². The number of hydrogen-bond acceptors (Lipinski definition) is 11. The summed E-state index contributed by atoms with van der Waals surface area (Å²) < 4.78 is 9.88. The monoisotopic (exact) mass is 622 g/mol. The van der Waals surface area contributed by atoms with Crippen LogP contribution >= 0.6 is 0 Å². The third-order valence-electron chi connectivity index (χ3n) is 5.85. The van der Waals surface area contributed by atoms with E-state index in [1.54, 1.807) is 14.2 Å². The topological polar surface area (TPSA) is 146 Å². The number of rotatable bonds is 7. The molecule has 0 aromatic heterocycles. The number of aldehydes is 3.